The number of amides is 2. The SMILES string of the molecule is CCCOCCOCCNC(=O)c1ccc(Nc2nc(NCCCc3ccccc3)nc(NCCOCCOCCNC(=O)c3ccccc3)n2)cc1. The zero-order valence-electron chi connectivity index (χ0n) is 30.5. The fourth-order valence-electron chi connectivity index (χ4n) is 4.85. The molecule has 0 saturated heterocycles. The number of carbonyl (C=O) groups excluding carboxylic acids is 2. The van der Waals surface area contributed by atoms with Gasteiger partial charge in [-0.25, -0.2) is 0 Å². The van der Waals surface area contributed by atoms with Crippen LogP contribution in [0.25, 0.3) is 0 Å². The van der Waals surface area contributed by atoms with Crippen molar-refractivity contribution in [3.8, 4) is 0 Å². The van der Waals surface area contributed by atoms with Crippen LogP contribution in [0.2, 0.25) is 0 Å². The summed E-state index contributed by atoms with van der Waals surface area (Å²) in [4.78, 5) is 38.4. The summed E-state index contributed by atoms with van der Waals surface area (Å²) < 4.78 is 22.1. The lowest BCUT2D eigenvalue weighted by Crippen LogP contribution is -2.27. The second kappa shape index (κ2) is 24.9. The van der Waals surface area contributed by atoms with Crippen molar-refractivity contribution in [1.82, 2.24) is 25.6 Å². The van der Waals surface area contributed by atoms with Crippen molar-refractivity contribution in [2.24, 2.45) is 0 Å². The summed E-state index contributed by atoms with van der Waals surface area (Å²) in [6.07, 6.45) is 2.81. The van der Waals surface area contributed by atoms with Crippen LogP contribution >= 0.6 is 0 Å². The molecule has 4 rings (SSSR count). The monoisotopic (exact) mass is 728 g/mol. The number of aromatic nitrogens is 3. The third-order valence-corrected chi connectivity index (χ3v) is 7.53. The number of anilines is 4. The molecule has 1 heterocycles. The minimum atomic E-state index is -0.183. The normalized spacial score (nSPS) is 10.8. The van der Waals surface area contributed by atoms with Crippen molar-refractivity contribution in [1.29, 1.82) is 0 Å². The Balaban J connectivity index is 1.20. The maximum atomic E-state index is 12.6. The third-order valence-electron chi connectivity index (χ3n) is 7.53. The average molecular weight is 729 g/mol. The number of aryl methyl sites for hydroxylation is 1. The summed E-state index contributed by atoms with van der Waals surface area (Å²) in [6.45, 7) is 7.82. The fourth-order valence-corrected chi connectivity index (χ4v) is 4.85. The van der Waals surface area contributed by atoms with Crippen LogP contribution in [-0.4, -0.2) is 106 Å². The van der Waals surface area contributed by atoms with Crippen LogP contribution in [0.3, 0.4) is 0 Å². The Kier molecular flexibility index (Phi) is 19.1. The molecule has 5 N–H and O–H groups in total. The Bertz CT molecular complexity index is 1600. The Morgan fingerprint density at radius 3 is 1.60 bits per heavy atom. The van der Waals surface area contributed by atoms with E-state index < -0.39 is 0 Å². The van der Waals surface area contributed by atoms with Crippen molar-refractivity contribution >= 4 is 35.3 Å². The molecule has 0 aliphatic carbocycles. The lowest BCUT2D eigenvalue weighted by atomic mass is 10.1. The number of carbonyl (C=O) groups is 2. The van der Waals surface area contributed by atoms with Gasteiger partial charge in [0.15, 0.2) is 0 Å². The number of hydrogen-bond donors (Lipinski definition) is 5. The molecular formula is C39H52N8O6. The molecule has 0 aliphatic rings. The zero-order chi connectivity index (χ0) is 37.2. The Morgan fingerprint density at radius 2 is 1.02 bits per heavy atom. The first-order valence-electron chi connectivity index (χ1n) is 18.2. The van der Waals surface area contributed by atoms with Crippen LogP contribution in [0.1, 0.15) is 46.0 Å². The van der Waals surface area contributed by atoms with Gasteiger partial charge in [0.05, 0.1) is 46.2 Å². The second-order valence-electron chi connectivity index (χ2n) is 11.8. The first-order chi connectivity index (χ1) is 26.1. The molecular weight excluding hydrogens is 676 g/mol. The molecule has 0 radical (unpaired) electrons. The first-order valence-corrected chi connectivity index (χ1v) is 18.2. The maximum absolute atomic E-state index is 12.6. The van der Waals surface area contributed by atoms with E-state index in [-0.39, 0.29) is 11.8 Å². The van der Waals surface area contributed by atoms with E-state index in [2.05, 4.69) is 60.6 Å². The Morgan fingerprint density at radius 1 is 0.528 bits per heavy atom. The Hall–Kier alpha value is -5.15. The quantitative estimate of drug-likeness (QED) is 0.0537. The number of benzene rings is 3. The molecule has 0 saturated carbocycles. The van der Waals surface area contributed by atoms with Gasteiger partial charge in [-0.3, -0.25) is 9.59 Å². The number of ether oxygens (including phenoxy) is 4. The van der Waals surface area contributed by atoms with Crippen LogP contribution < -0.4 is 26.6 Å². The molecule has 2 amide bonds. The standard InChI is InChI=1S/C39H52N8O6/c1-2-23-50-27-28-51-25-21-41-36(49)33-15-17-34(18-16-33)44-39-46-37(42-19-9-12-31-10-5-3-6-11-31)45-38(47-39)43-22-26-53-30-29-52-24-20-40-35(48)32-13-7-4-8-14-32/h3-8,10-11,13-18H,2,9,12,19-30H2,1H3,(H,40,48)(H,41,49)(H3,42,43,44,45,46,47). The van der Waals surface area contributed by atoms with Crippen LogP contribution in [0.5, 0.6) is 0 Å². The third kappa shape index (κ3) is 16.8. The molecule has 4 aromatic rings. The van der Waals surface area contributed by atoms with Crippen LogP contribution in [0, 0.1) is 0 Å². The predicted octanol–water partition coefficient (Wildman–Crippen LogP) is 4.71. The summed E-state index contributed by atoms with van der Waals surface area (Å²) >= 11 is 0. The summed E-state index contributed by atoms with van der Waals surface area (Å²) in [6, 6.07) is 26.5. The van der Waals surface area contributed by atoms with E-state index in [0.717, 1.165) is 25.9 Å². The smallest absolute Gasteiger partial charge is 0.251 e. The molecule has 284 valence electrons. The van der Waals surface area contributed by atoms with E-state index >= 15 is 0 Å². The first kappa shape index (κ1) is 40.6. The lowest BCUT2D eigenvalue weighted by Gasteiger charge is -2.12. The lowest BCUT2D eigenvalue weighted by molar-refractivity contribution is 0.0485. The van der Waals surface area contributed by atoms with Crippen molar-refractivity contribution in [3.05, 3.63) is 102 Å². The molecule has 3 aromatic carbocycles. The fraction of sp³-hybridized carbons (Fsp3) is 0.410. The van der Waals surface area contributed by atoms with Gasteiger partial charge < -0.3 is 45.5 Å². The van der Waals surface area contributed by atoms with Crippen LogP contribution in [-0.2, 0) is 25.4 Å². The Labute approximate surface area is 311 Å². The van der Waals surface area contributed by atoms with Gasteiger partial charge in [0.2, 0.25) is 17.8 Å². The molecule has 0 bridgehead atoms. The molecule has 0 unspecified atom stereocenters. The zero-order valence-corrected chi connectivity index (χ0v) is 30.5. The molecule has 14 heteroatoms. The number of hydrogen-bond acceptors (Lipinski definition) is 12. The predicted molar refractivity (Wildman–Crippen MR) is 206 cm³/mol. The van der Waals surface area contributed by atoms with E-state index in [1.165, 1.54) is 5.56 Å². The van der Waals surface area contributed by atoms with Gasteiger partial charge in [0, 0.05) is 49.6 Å². The number of nitrogens with zero attached hydrogens (tertiary/aromatic N) is 3. The highest BCUT2D eigenvalue weighted by Crippen LogP contribution is 2.17. The largest absolute Gasteiger partial charge is 0.379 e. The minimum absolute atomic E-state index is 0.126. The highest BCUT2D eigenvalue weighted by molar-refractivity contribution is 5.94. The second-order valence-corrected chi connectivity index (χ2v) is 11.8. The highest BCUT2D eigenvalue weighted by atomic mass is 16.5. The summed E-state index contributed by atoms with van der Waals surface area (Å²) in [7, 11) is 0. The van der Waals surface area contributed by atoms with Gasteiger partial charge in [0.1, 0.15) is 0 Å². The van der Waals surface area contributed by atoms with E-state index in [1.807, 2.05) is 36.4 Å². The van der Waals surface area contributed by atoms with E-state index in [1.54, 1.807) is 36.4 Å². The molecule has 0 spiro atoms. The minimum Gasteiger partial charge on any atom is -0.379 e. The molecule has 1 aromatic heterocycles. The van der Waals surface area contributed by atoms with Gasteiger partial charge >= 0.3 is 0 Å². The summed E-state index contributed by atoms with van der Waals surface area (Å²) in [5.74, 6) is 0.855. The summed E-state index contributed by atoms with van der Waals surface area (Å²) in [5, 5.41) is 15.4. The van der Waals surface area contributed by atoms with Crippen LogP contribution in [0.4, 0.5) is 23.5 Å². The highest BCUT2D eigenvalue weighted by Gasteiger charge is 2.10. The van der Waals surface area contributed by atoms with E-state index in [0.29, 0.717) is 107 Å². The van der Waals surface area contributed by atoms with Crippen LogP contribution in [0.15, 0.2) is 84.9 Å². The van der Waals surface area contributed by atoms with Crippen molar-refractivity contribution < 1.29 is 28.5 Å². The van der Waals surface area contributed by atoms with Gasteiger partial charge in [-0.2, -0.15) is 15.0 Å². The van der Waals surface area contributed by atoms with Crippen molar-refractivity contribution in [2.45, 2.75) is 26.2 Å². The van der Waals surface area contributed by atoms with E-state index in [4.69, 9.17) is 18.9 Å². The molecule has 0 fully saturated rings. The van der Waals surface area contributed by atoms with Gasteiger partial charge in [0.25, 0.3) is 11.8 Å². The van der Waals surface area contributed by atoms with Gasteiger partial charge in [-0.05, 0) is 61.2 Å². The van der Waals surface area contributed by atoms with Crippen molar-refractivity contribution in [3.63, 3.8) is 0 Å². The molecule has 14 nitrogen and oxygen atoms in total. The molecule has 53 heavy (non-hydrogen) atoms. The molecule has 0 aliphatic heterocycles. The molecule has 0 atom stereocenters. The van der Waals surface area contributed by atoms with Crippen molar-refractivity contribution in [2.75, 3.05) is 95.0 Å². The van der Waals surface area contributed by atoms with Gasteiger partial charge in [-0.15, -0.1) is 0 Å². The number of nitrogens with one attached hydrogen (secondary N) is 5. The summed E-state index contributed by atoms with van der Waals surface area (Å²) in [5.41, 5.74) is 3.13. The topological polar surface area (TPSA) is 170 Å². The number of rotatable bonds is 27. The van der Waals surface area contributed by atoms with Gasteiger partial charge in [-0.1, -0.05) is 55.5 Å². The van der Waals surface area contributed by atoms with E-state index in [9.17, 15) is 9.59 Å². The maximum Gasteiger partial charge on any atom is 0.251 e. The average Bonchev–Trinajstić information content (AvgIpc) is 3.19.